The summed E-state index contributed by atoms with van der Waals surface area (Å²) in [6, 6.07) is 5.11. The summed E-state index contributed by atoms with van der Waals surface area (Å²) in [5, 5.41) is 12.8. The number of hydrogen-bond acceptors (Lipinski definition) is 3. The fraction of sp³-hybridized carbons (Fsp3) is 0.500. The second-order valence-electron chi connectivity index (χ2n) is 4.60. The summed E-state index contributed by atoms with van der Waals surface area (Å²) in [6.07, 6.45) is 1.18. The van der Waals surface area contributed by atoms with E-state index in [-0.39, 0.29) is 5.75 Å². The molecule has 2 aliphatic rings. The van der Waals surface area contributed by atoms with Crippen molar-refractivity contribution in [1.29, 1.82) is 0 Å². The molecule has 4 heteroatoms. The molecular weight excluding hydrogens is 207 g/mol. The van der Waals surface area contributed by atoms with Gasteiger partial charge in [0.15, 0.2) is 11.6 Å². The van der Waals surface area contributed by atoms with E-state index in [2.05, 4.69) is 10.2 Å². The van der Waals surface area contributed by atoms with Gasteiger partial charge in [-0.05, 0) is 24.5 Å². The number of hydrogen-bond donors (Lipinski definition) is 2. The van der Waals surface area contributed by atoms with Crippen LogP contribution < -0.4 is 10.2 Å². The number of halogens is 1. The van der Waals surface area contributed by atoms with Crippen LogP contribution in [0.4, 0.5) is 10.1 Å². The molecule has 2 heterocycles. The van der Waals surface area contributed by atoms with Crippen LogP contribution in [0.2, 0.25) is 0 Å². The minimum absolute atomic E-state index is 0.257. The van der Waals surface area contributed by atoms with E-state index in [1.807, 2.05) is 0 Å². The lowest BCUT2D eigenvalue weighted by Crippen LogP contribution is -2.34. The topological polar surface area (TPSA) is 35.5 Å². The number of anilines is 1. The van der Waals surface area contributed by atoms with Crippen molar-refractivity contribution in [1.82, 2.24) is 5.32 Å². The van der Waals surface area contributed by atoms with Crippen molar-refractivity contribution in [3.63, 3.8) is 0 Å². The lowest BCUT2D eigenvalue weighted by molar-refractivity contribution is 0.432. The van der Waals surface area contributed by atoms with E-state index in [0.717, 1.165) is 25.3 Å². The maximum atomic E-state index is 13.0. The SMILES string of the molecule is Oc1cc(N2CCC3CNCC32)ccc1F. The molecule has 86 valence electrons. The molecule has 2 N–H and O–H groups in total. The Hall–Kier alpha value is -1.29. The third kappa shape index (κ3) is 1.45. The van der Waals surface area contributed by atoms with Gasteiger partial charge >= 0.3 is 0 Å². The zero-order valence-electron chi connectivity index (χ0n) is 8.99. The minimum Gasteiger partial charge on any atom is -0.505 e. The van der Waals surface area contributed by atoms with Gasteiger partial charge in [-0.1, -0.05) is 0 Å². The van der Waals surface area contributed by atoms with Crippen LogP contribution in [0, 0.1) is 11.7 Å². The highest BCUT2D eigenvalue weighted by atomic mass is 19.1. The van der Waals surface area contributed by atoms with Gasteiger partial charge in [0.1, 0.15) is 0 Å². The lowest BCUT2D eigenvalue weighted by atomic mass is 10.1. The Morgan fingerprint density at radius 3 is 3.06 bits per heavy atom. The van der Waals surface area contributed by atoms with Crippen LogP contribution in [0.25, 0.3) is 0 Å². The fourth-order valence-corrected chi connectivity index (χ4v) is 2.85. The molecule has 2 fully saturated rings. The van der Waals surface area contributed by atoms with Crippen LogP contribution in [0.15, 0.2) is 18.2 Å². The summed E-state index contributed by atoms with van der Waals surface area (Å²) >= 11 is 0. The molecule has 0 amide bonds. The van der Waals surface area contributed by atoms with E-state index in [1.54, 1.807) is 6.07 Å². The summed E-state index contributed by atoms with van der Waals surface area (Å²) in [7, 11) is 0. The predicted octanol–water partition coefficient (Wildman–Crippen LogP) is 1.33. The summed E-state index contributed by atoms with van der Waals surface area (Å²) in [4.78, 5) is 2.27. The molecule has 2 aliphatic heterocycles. The quantitative estimate of drug-likeness (QED) is 0.752. The molecule has 2 saturated heterocycles. The molecule has 0 spiro atoms. The Morgan fingerprint density at radius 1 is 1.38 bits per heavy atom. The molecule has 1 aromatic carbocycles. The highest BCUT2D eigenvalue weighted by molar-refractivity contribution is 5.53. The van der Waals surface area contributed by atoms with Crippen molar-refractivity contribution in [2.75, 3.05) is 24.5 Å². The van der Waals surface area contributed by atoms with E-state index in [4.69, 9.17) is 0 Å². The number of rotatable bonds is 1. The first-order valence-corrected chi connectivity index (χ1v) is 5.71. The zero-order chi connectivity index (χ0) is 11.1. The molecule has 2 unspecified atom stereocenters. The van der Waals surface area contributed by atoms with Gasteiger partial charge in [-0.2, -0.15) is 0 Å². The van der Waals surface area contributed by atoms with Crippen molar-refractivity contribution in [3.8, 4) is 5.75 Å². The Bertz CT molecular complexity index is 410. The highest BCUT2D eigenvalue weighted by Gasteiger charge is 2.37. The van der Waals surface area contributed by atoms with Gasteiger partial charge in [0, 0.05) is 37.4 Å². The smallest absolute Gasteiger partial charge is 0.164 e. The van der Waals surface area contributed by atoms with Gasteiger partial charge in [0.25, 0.3) is 0 Å². The molecular formula is C12H15FN2O. The molecule has 16 heavy (non-hydrogen) atoms. The van der Waals surface area contributed by atoms with Crippen LogP contribution in [-0.2, 0) is 0 Å². The third-order valence-corrected chi connectivity index (χ3v) is 3.71. The highest BCUT2D eigenvalue weighted by Crippen LogP contribution is 2.33. The second kappa shape index (κ2) is 3.63. The van der Waals surface area contributed by atoms with E-state index < -0.39 is 5.82 Å². The Labute approximate surface area is 93.9 Å². The van der Waals surface area contributed by atoms with Gasteiger partial charge in [0.2, 0.25) is 0 Å². The van der Waals surface area contributed by atoms with Crippen LogP contribution in [0.1, 0.15) is 6.42 Å². The summed E-state index contributed by atoms with van der Waals surface area (Å²) in [5.41, 5.74) is 0.926. The monoisotopic (exact) mass is 222 g/mol. The maximum absolute atomic E-state index is 13.0. The van der Waals surface area contributed by atoms with Gasteiger partial charge in [0.05, 0.1) is 0 Å². The number of phenolic OH excluding ortho intramolecular Hbond substituents is 1. The number of nitrogens with one attached hydrogen (secondary N) is 1. The van der Waals surface area contributed by atoms with Crippen LogP contribution in [-0.4, -0.2) is 30.8 Å². The van der Waals surface area contributed by atoms with Crippen molar-refractivity contribution in [3.05, 3.63) is 24.0 Å². The molecule has 3 rings (SSSR count). The van der Waals surface area contributed by atoms with E-state index >= 15 is 0 Å². The molecule has 0 aliphatic carbocycles. The largest absolute Gasteiger partial charge is 0.505 e. The van der Waals surface area contributed by atoms with Crippen molar-refractivity contribution in [2.45, 2.75) is 12.5 Å². The first kappa shape index (κ1) is 9.90. The van der Waals surface area contributed by atoms with Crippen molar-refractivity contribution in [2.24, 2.45) is 5.92 Å². The van der Waals surface area contributed by atoms with E-state index in [9.17, 15) is 9.50 Å². The molecule has 3 nitrogen and oxygen atoms in total. The van der Waals surface area contributed by atoms with Crippen molar-refractivity contribution >= 4 is 5.69 Å². The van der Waals surface area contributed by atoms with E-state index in [1.165, 1.54) is 18.6 Å². The van der Waals surface area contributed by atoms with E-state index in [0.29, 0.717) is 12.0 Å². The first-order valence-electron chi connectivity index (χ1n) is 5.71. The standard InChI is InChI=1S/C12H15FN2O/c13-10-2-1-9(5-12(10)16)15-4-3-8-6-14-7-11(8)15/h1-2,5,8,11,14,16H,3-4,6-7H2. The number of phenols is 1. The fourth-order valence-electron chi connectivity index (χ4n) is 2.85. The number of benzene rings is 1. The lowest BCUT2D eigenvalue weighted by Gasteiger charge is -2.25. The molecule has 1 aromatic rings. The third-order valence-electron chi connectivity index (χ3n) is 3.71. The average molecular weight is 222 g/mol. The number of aromatic hydroxyl groups is 1. The Balaban J connectivity index is 1.89. The predicted molar refractivity (Wildman–Crippen MR) is 60.2 cm³/mol. The summed E-state index contributed by atoms with van der Waals surface area (Å²) in [6.45, 7) is 3.07. The van der Waals surface area contributed by atoms with Crippen LogP contribution in [0.5, 0.6) is 5.75 Å². The summed E-state index contributed by atoms with van der Waals surface area (Å²) < 4.78 is 13.0. The maximum Gasteiger partial charge on any atom is 0.164 e. The minimum atomic E-state index is -0.552. The molecule has 0 saturated carbocycles. The average Bonchev–Trinajstić information content (AvgIpc) is 2.83. The number of nitrogens with zero attached hydrogens (tertiary/aromatic N) is 1. The molecule has 0 radical (unpaired) electrons. The van der Waals surface area contributed by atoms with Gasteiger partial charge < -0.3 is 15.3 Å². The molecule has 0 bridgehead atoms. The van der Waals surface area contributed by atoms with Gasteiger partial charge in [-0.3, -0.25) is 0 Å². The second-order valence-corrected chi connectivity index (χ2v) is 4.60. The molecule has 0 aromatic heterocycles. The Kier molecular flexibility index (Phi) is 2.24. The molecule has 2 atom stereocenters. The Morgan fingerprint density at radius 2 is 2.25 bits per heavy atom. The van der Waals surface area contributed by atoms with Crippen LogP contribution >= 0.6 is 0 Å². The van der Waals surface area contributed by atoms with Gasteiger partial charge in [-0.15, -0.1) is 0 Å². The van der Waals surface area contributed by atoms with Gasteiger partial charge in [-0.25, -0.2) is 4.39 Å². The normalized spacial score (nSPS) is 28.4. The number of fused-ring (bicyclic) bond motifs is 1. The van der Waals surface area contributed by atoms with Crippen molar-refractivity contribution < 1.29 is 9.50 Å². The zero-order valence-corrected chi connectivity index (χ0v) is 8.99. The first-order chi connectivity index (χ1) is 7.75. The van der Waals surface area contributed by atoms with Crippen LogP contribution in [0.3, 0.4) is 0 Å². The summed E-state index contributed by atoms with van der Waals surface area (Å²) in [5.74, 6) is -0.108.